The van der Waals surface area contributed by atoms with Crippen LogP contribution < -0.4 is 5.32 Å². The quantitative estimate of drug-likeness (QED) is 0.843. The Morgan fingerprint density at radius 1 is 1.62 bits per heavy atom. The van der Waals surface area contributed by atoms with Crippen LogP contribution in [0.1, 0.15) is 38.0 Å². The van der Waals surface area contributed by atoms with Crippen LogP contribution >= 0.6 is 0 Å². The SMILES string of the molecule is CCCNC1CCOC(c2ccnn2C)C1. The van der Waals surface area contributed by atoms with Gasteiger partial charge in [0.15, 0.2) is 0 Å². The largest absolute Gasteiger partial charge is 0.372 e. The third-order valence-corrected chi connectivity index (χ3v) is 3.16. The third kappa shape index (κ3) is 2.62. The van der Waals surface area contributed by atoms with Gasteiger partial charge in [-0.15, -0.1) is 0 Å². The molecule has 2 atom stereocenters. The van der Waals surface area contributed by atoms with E-state index in [0.29, 0.717) is 6.04 Å². The van der Waals surface area contributed by atoms with Crippen LogP contribution in [0.2, 0.25) is 0 Å². The summed E-state index contributed by atoms with van der Waals surface area (Å²) in [6, 6.07) is 2.64. The molecule has 0 aromatic carbocycles. The molecule has 1 aliphatic rings. The van der Waals surface area contributed by atoms with Crippen molar-refractivity contribution in [3.63, 3.8) is 0 Å². The molecule has 0 spiro atoms. The van der Waals surface area contributed by atoms with E-state index >= 15 is 0 Å². The molecule has 1 saturated heterocycles. The molecule has 2 unspecified atom stereocenters. The molecule has 4 heteroatoms. The molecule has 0 aliphatic carbocycles. The van der Waals surface area contributed by atoms with Gasteiger partial charge >= 0.3 is 0 Å². The first-order valence-electron chi connectivity index (χ1n) is 6.14. The summed E-state index contributed by atoms with van der Waals surface area (Å²) in [4.78, 5) is 0. The van der Waals surface area contributed by atoms with Crippen molar-refractivity contribution in [2.75, 3.05) is 13.2 Å². The van der Waals surface area contributed by atoms with Gasteiger partial charge in [0.2, 0.25) is 0 Å². The van der Waals surface area contributed by atoms with Gasteiger partial charge in [0, 0.05) is 25.9 Å². The van der Waals surface area contributed by atoms with E-state index in [1.54, 1.807) is 0 Å². The van der Waals surface area contributed by atoms with Crippen LogP contribution in [0.15, 0.2) is 12.3 Å². The van der Waals surface area contributed by atoms with Crippen LogP contribution in [0, 0.1) is 0 Å². The van der Waals surface area contributed by atoms with Crippen LogP contribution in [0.4, 0.5) is 0 Å². The van der Waals surface area contributed by atoms with E-state index in [0.717, 1.165) is 26.0 Å². The van der Waals surface area contributed by atoms with Crippen LogP contribution in [-0.4, -0.2) is 29.0 Å². The van der Waals surface area contributed by atoms with Gasteiger partial charge in [0.05, 0.1) is 5.69 Å². The molecule has 0 saturated carbocycles. The van der Waals surface area contributed by atoms with Gasteiger partial charge in [-0.3, -0.25) is 4.68 Å². The maximum atomic E-state index is 5.81. The van der Waals surface area contributed by atoms with Gasteiger partial charge in [-0.2, -0.15) is 5.10 Å². The van der Waals surface area contributed by atoms with Crippen LogP contribution in [0.3, 0.4) is 0 Å². The number of aromatic nitrogens is 2. The van der Waals surface area contributed by atoms with Gasteiger partial charge in [0.25, 0.3) is 0 Å². The van der Waals surface area contributed by atoms with Gasteiger partial charge in [-0.05, 0) is 31.9 Å². The maximum Gasteiger partial charge on any atom is 0.101 e. The third-order valence-electron chi connectivity index (χ3n) is 3.16. The minimum atomic E-state index is 0.204. The fourth-order valence-corrected chi connectivity index (χ4v) is 2.24. The average molecular weight is 223 g/mol. The number of nitrogens with one attached hydrogen (secondary N) is 1. The fourth-order valence-electron chi connectivity index (χ4n) is 2.24. The molecule has 0 amide bonds. The predicted molar refractivity (Wildman–Crippen MR) is 63.2 cm³/mol. The molecule has 1 fully saturated rings. The lowest BCUT2D eigenvalue weighted by molar-refractivity contribution is -0.00417. The Hall–Kier alpha value is -0.870. The van der Waals surface area contributed by atoms with Crippen LogP contribution in [0.5, 0.6) is 0 Å². The second-order valence-electron chi connectivity index (χ2n) is 4.41. The molecule has 2 rings (SSSR count). The summed E-state index contributed by atoms with van der Waals surface area (Å²) in [5.74, 6) is 0. The Kier molecular flexibility index (Phi) is 3.96. The van der Waals surface area contributed by atoms with E-state index in [4.69, 9.17) is 4.74 Å². The first-order valence-corrected chi connectivity index (χ1v) is 6.14. The Bertz CT molecular complexity index is 324. The Morgan fingerprint density at radius 2 is 2.50 bits per heavy atom. The molecular formula is C12H21N3O. The number of hydrogen-bond donors (Lipinski definition) is 1. The second kappa shape index (κ2) is 5.46. The predicted octanol–water partition coefficient (Wildman–Crippen LogP) is 1.64. The van der Waals surface area contributed by atoms with Crippen molar-refractivity contribution in [1.29, 1.82) is 0 Å². The molecule has 4 nitrogen and oxygen atoms in total. The number of rotatable bonds is 4. The van der Waals surface area contributed by atoms with E-state index in [-0.39, 0.29) is 6.10 Å². The highest BCUT2D eigenvalue weighted by Gasteiger charge is 2.25. The second-order valence-corrected chi connectivity index (χ2v) is 4.41. The van der Waals surface area contributed by atoms with E-state index in [2.05, 4.69) is 17.3 Å². The minimum absolute atomic E-state index is 0.204. The highest BCUT2D eigenvalue weighted by atomic mass is 16.5. The Labute approximate surface area is 97.0 Å². The first-order chi connectivity index (χ1) is 7.81. The molecular weight excluding hydrogens is 202 g/mol. The monoisotopic (exact) mass is 223 g/mol. The van der Waals surface area contributed by atoms with Crippen molar-refractivity contribution in [1.82, 2.24) is 15.1 Å². The van der Waals surface area contributed by atoms with Crippen molar-refractivity contribution in [2.45, 2.75) is 38.3 Å². The summed E-state index contributed by atoms with van der Waals surface area (Å²) in [7, 11) is 1.97. The molecule has 1 N–H and O–H groups in total. The summed E-state index contributed by atoms with van der Waals surface area (Å²) in [6.07, 6.45) is 5.40. The smallest absolute Gasteiger partial charge is 0.101 e. The van der Waals surface area contributed by atoms with Gasteiger partial charge in [-0.1, -0.05) is 6.92 Å². The molecule has 90 valence electrons. The Morgan fingerprint density at radius 3 is 3.19 bits per heavy atom. The highest BCUT2D eigenvalue weighted by Crippen LogP contribution is 2.27. The summed E-state index contributed by atoms with van der Waals surface area (Å²) in [6.45, 7) is 4.14. The van der Waals surface area contributed by atoms with E-state index in [1.165, 1.54) is 12.1 Å². The lowest BCUT2D eigenvalue weighted by Crippen LogP contribution is -2.36. The average Bonchev–Trinajstić information content (AvgIpc) is 2.73. The lowest BCUT2D eigenvalue weighted by atomic mass is 10.0. The van der Waals surface area contributed by atoms with Gasteiger partial charge < -0.3 is 10.1 Å². The van der Waals surface area contributed by atoms with Gasteiger partial charge in [0.1, 0.15) is 6.10 Å². The number of ether oxygens (including phenoxy) is 1. The first kappa shape index (κ1) is 11.6. The van der Waals surface area contributed by atoms with Crippen LogP contribution in [0.25, 0.3) is 0 Å². The normalized spacial score (nSPS) is 25.9. The lowest BCUT2D eigenvalue weighted by Gasteiger charge is -2.30. The molecule has 1 aromatic rings. The molecule has 1 aliphatic heterocycles. The molecule has 2 heterocycles. The van der Waals surface area contributed by atoms with E-state index in [9.17, 15) is 0 Å². The standard InChI is InChI=1S/C12H21N3O/c1-3-6-13-10-5-8-16-12(9-10)11-4-7-14-15(11)2/h4,7,10,12-13H,3,5-6,8-9H2,1-2H3. The fraction of sp³-hybridized carbons (Fsp3) is 0.750. The van der Waals surface area contributed by atoms with Crippen molar-refractivity contribution < 1.29 is 4.74 Å². The summed E-state index contributed by atoms with van der Waals surface area (Å²) in [5, 5.41) is 7.77. The zero-order chi connectivity index (χ0) is 11.4. The number of aryl methyl sites for hydroxylation is 1. The zero-order valence-electron chi connectivity index (χ0n) is 10.1. The topological polar surface area (TPSA) is 39.1 Å². The van der Waals surface area contributed by atoms with Crippen molar-refractivity contribution in [3.8, 4) is 0 Å². The van der Waals surface area contributed by atoms with Crippen molar-refractivity contribution in [3.05, 3.63) is 18.0 Å². The van der Waals surface area contributed by atoms with Gasteiger partial charge in [-0.25, -0.2) is 0 Å². The summed E-state index contributed by atoms with van der Waals surface area (Å²) >= 11 is 0. The zero-order valence-corrected chi connectivity index (χ0v) is 10.1. The highest BCUT2D eigenvalue weighted by molar-refractivity contribution is 5.06. The Balaban J connectivity index is 1.94. The molecule has 0 radical (unpaired) electrons. The van der Waals surface area contributed by atoms with Crippen molar-refractivity contribution in [2.24, 2.45) is 7.05 Å². The summed E-state index contributed by atoms with van der Waals surface area (Å²) < 4.78 is 7.72. The maximum absolute atomic E-state index is 5.81. The molecule has 16 heavy (non-hydrogen) atoms. The van der Waals surface area contributed by atoms with E-state index in [1.807, 2.05) is 24.0 Å². The van der Waals surface area contributed by atoms with E-state index < -0.39 is 0 Å². The minimum Gasteiger partial charge on any atom is -0.372 e. The summed E-state index contributed by atoms with van der Waals surface area (Å²) in [5.41, 5.74) is 1.18. The molecule has 1 aromatic heterocycles. The van der Waals surface area contributed by atoms with Crippen molar-refractivity contribution >= 4 is 0 Å². The number of hydrogen-bond acceptors (Lipinski definition) is 3. The number of nitrogens with zero attached hydrogens (tertiary/aromatic N) is 2. The molecule has 0 bridgehead atoms. The van der Waals surface area contributed by atoms with Crippen LogP contribution in [-0.2, 0) is 11.8 Å².